The molecule has 2 N–H and O–H groups in total. The van der Waals surface area contributed by atoms with Crippen LogP contribution in [-0.4, -0.2) is 78.7 Å². The van der Waals surface area contributed by atoms with Crippen molar-refractivity contribution in [2.24, 2.45) is 0 Å². The first-order valence-electron chi connectivity index (χ1n) is 13.1. The summed E-state index contributed by atoms with van der Waals surface area (Å²) < 4.78 is 10.7. The fraction of sp³-hybridized carbons (Fsp3) is 0.481. The van der Waals surface area contributed by atoms with E-state index in [4.69, 9.17) is 9.47 Å². The topological polar surface area (TPSA) is 150 Å². The third-order valence-electron chi connectivity index (χ3n) is 7.43. The Hall–Kier alpha value is -4.08. The van der Waals surface area contributed by atoms with E-state index in [1.165, 1.54) is 11.1 Å². The number of nitriles is 1. The number of amides is 3. The third kappa shape index (κ3) is 5.69. The number of fused-ring (bicyclic) bond motifs is 1. The molecule has 0 aromatic carbocycles. The van der Waals surface area contributed by atoms with Crippen LogP contribution in [0.5, 0.6) is 0 Å². The summed E-state index contributed by atoms with van der Waals surface area (Å²) in [6, 6.07) is 5.29. The van der Waals surface area contributed by atoms with Crippen molar-refractivity contribution in [3.05, 3.63) is 40.7 Å². The SMILES string of the molecule is CO[C@@H]1CCCC1Nc1cc(NC(=O)N2CCCc3cc(CN4CCOCC4=O)c(C=O)nc32)ncc1C#N. The van der Waals surface area contributed by atoms with Gasteiger partial charge in [0.1, 0.15) is 30.0 Å². The first kappa shape index (κ1) is 26.5. The number of nitrogens with one attached hydrogen (secondary N) is 2. The van der Waals surface area contributed by atoms with Crippen LogP contribution in [0.4, 0.5) is 22.1 Å². The van der Waals surface area contributed by atoms with Crippen LogP contribution < -0.4 is 15.5 Å². The average molecular weight is 534 g/mol. The molecule has 2 atom stereocenters. The van der Waals surface area contributed by atoms with E-state index in [1.54, 1.807) is 18.1 Å². The molecule has 3 amide bonds. The van der Waals surface area contributed by atoms with E-state index in [2.05, 4.69) is 26.7 Å². The molecule has 1 saturated carbocycles. The second kappa shape index (κ2) is 11.8. The van der Waals surface area contributed by atoms with Crippen LogP contribution >= 0.6 is 0 Å². The van der Waals surface area contributed by atoms with Crippen LogP contribution in [0.2, 0.25) is 0 Å². The lowest BCUT2D eigenvalue weighted by molar-refractivity contribution is -0.143. The van der Waals surface area contributed by atoms with E-state index in [-0.39, 0.29) is 36.9 Å². The first-order chi connectivity index (χ1) is 19.0. The van der Waals surface area contributed by atoms with Gasteiger partial charge in [0.05, 0.1) is 30.0 Å². The van der Waals surface area contributed by atoms with E-state index in [0.29, 0.717) is 67.3 Å². The molecule has 2 aliphatic heterocycles. The normalized spacial score (nSPS) is 20.8. The highest BCUT2D eigenvalue weighted by molar-refractivity contribution is 6.02. The zero-order chi connectivity index (χ0) is 27.4. The van der Waals surface area contributed by atoms with Crippen molar-refractivity contribution in [1.82, 2.24) is 14.9 Å². The monoisotopic (exact) mass is 533 g/mol. The number of morpholine rings is 1. The molecule has 3 aliphatic rings. The third-order valence-corrected chi connectivity index (χ3v) is 7.43. The molecule has 0 radical (unpaired) electrons. The molecular formula is C27H31N7O5. The summed E-state index contributed by atoms with van der Waals surface area (Å²) in [4.78, 5) is 49.4. The Morgan fingerprint density at radius 3 is 2.95 bits per heavy atom. The van der Waals surface area contributed by atoms with Crippen molar-refractivity contribution in [3.63, 3.8) is 0 Å². The van der Waals surface area contributed by atoms with Crippen molar-refractivity contribution in [2.75, 3.05) is 48.9 Å². The second-order valence-corrected chi connectivity index (χ2v) is 9.87. The summed E-state index contributed by atoms with van der Waals surface area (Å²) in [7, 11) is 1.68. The lowest BCUT2D eigenvalue weighted by Gasteiger charge is -2.31. The molecule has 0 bridgehead atoms. The summed E-state index contributed by atoms with van der Waals surface area (Å²) in [6.07, 6.45) is 6.44. The molecule has 39 heavy (non-hydrogen) atoms. The summed E-state index contributed by atoms with van der Waals surface area (Å²) in [5, 5.41) is 15.8. The minimum atomic E-state index is -0.435. The van der Waals surface area contributed by atoms with E-state index in [0.717, 1.165) is 24.8 Å². The van der Waals surface area contributed by atoms with Gasteiger partial charge in [-0.3, -0.25) is 19.8 Å². The van der Waals surface area contributed by atoms with Crippen LogP contribution in [0, 0.1) is 11.3 Å². The number of ether oxygens (including phenoxy) is 2. The maximum atomic E-state index is 13.4. The molecule has 0 spiro atoms. The number of pyridine rings is 2. The summed E-state index contributed by atoms with van der Waals surface area (Å²) in [5.74, 6) is 0.573. The van der Waals surface area contributed by atoms with Crippen molar-refractivity contribution >= 4 is 35.5 Å². The number of hydrogen-bond donors (Lipinski definition) is 2. The Balaban J connectivity index is 1.35. The quantitative estimate of drug-likeness (QED) is 0.512. The van der Waals surface area contributed by atoms with Gasteiger partial charge in [0.15, 0.2) is 6.29 Å². The number of carbonyl (C=O) groups is 3. The number of carbonyl (C=O) groups excluding carboxylic acids is 3. The minimum Gasteiger partial charge on any atom is -0.379 e. The number of rotatable bonds is 7. The van der Waals surface area contributed by atoms with Gasteiger partial charge < -0.3 is 19.7 Å². The molecular weight excluding hydrogens is 502 g/mol. The first-order valence-corrected chi connectivity index (χ1v) is 13.1. The van der Waals surface area contributed by atoms with E-state index in [9.17, 15) is 19.6 Å². The van der Waals surface area contributed by atoms with Gasteiger partial charge in [-0.05, 0) is 43.7 Å². The number of nitrogens with zero attached hydrogens (tertiary/aromatic N) is 5. The zero-order valence-electron chi connectivity index (χ0n) is 21.8. The lowest BCUT2D eigenvalue weighted by Crippen LogP contribution is -2.42. The number of urea groups is 1. The molecule has 4 heterocycles. The molecule has 1 saturated heterocycles. The van der Waals surface area contributed by atoms with Crippen LogP contribution in [0.1, 0.15) is 52.9 Å². The van der Waals surface area contributed by atoms with Crippen LogP contribution in [0.15, 0.2) is 18.3 Å². The van der Waals surface area contributed by atoms with Gasteiger partial charge in [-0.25, -0.2) is 14.8 Å². The number of aryl methyl sites for hydroxylation is 1. The molecule has 12 heteroatoms. The van der Waals surface area contributed by atoms with Gasteiger partial charge in [0.2, 0.25) is 5.91 Å². The largest absolute Gasteiger partial charge is 0.379 e. The van der Waals surface area contributed by atoms with E-state index < -0.39 is 6.03 Å². The minimum absolute atomic E-state index is 0.0248. The number of aromatic nitrogens is 2. The Morgan fingerprint density at radius 2 is 2.18 bits per heavy atom. The molecule has 1 unspecified atom stereocenters. The molecule has 2 aromatic rings. The Bertz CT molecular complexity index is 1310. The molecule has 2 aromatic heterocycles. The van der Waals surface area contributed by atoms with Crippen molar-refractivity contribution in [3.8, 4) is 6.07 Å². The van der Waals surface area contributed by atoms with Crippen molar-refractivity contribution in [1.29, 1.82) is 5.26 Å². The van der Waals surface area contributed by atoms with Crippen molar-refractivity contribution in [2.45, 2.75) is 50.8 Å². The molecule has 2 fully saturated rings. The molecule has 12 nitrogen and oxygen atoms in total. The Morgan fingerprint density at radius 1 is 1.31 bits per heavy atom. The maximum absolute atomic E-state index is 13.4. The zero-order valence-corrected chi connectivity index (χ0v) is 21.8. The smallest absolute Gasteiger partial charge is 0.328 e. The summed E-state index contributed by atoms with van der Waals surface area (Å²) in [5.41, 5.74) is 2.63. The second-order valence-electron chi connectivity index (χ2n) is 9.87. The van der Waals surface area contributed by atoms with Gasteiger partial charge in [-0.2, -0.15) is 5.26 Å². The Kier molecular flexibility index (Phi) is 7.99. The standard InChI is InChI=1S/C27H31N7O5/c1-38-23-6-2-5-20(23)30-21-11-24(29-13-19(21)12-28)32-27(37)34-7-3-4-17-10-18(22(15-35)31-26(17)34)14-33-8-9-39-16-25(33)36/h10-11,13,15,20,23H,2-9,14,16H2,1H3,(H2,29,30,32,37)/t20?,23-/m1/s1. The predicted octanol–water partition coefficient (Wildman–Crippen LogP) is 2.48. The van der Waals surface area contributed by atoms with E-state index in [1.807, 2.05) is 6.07 Å². The highest BCUT2D eigenvalue weighted by atomic mass is 16.5. The van der Waals surface area contributed by atoms with Crippen LogP contribution in [0.3, 0.4) is 0 Å². The summed E-state index contributed by atoms with van der Waals surface area (Å²) >= 11 is 0. The number of hydrogen-bond acceptors (Lipinski definition) is 9. The van der Waals surface area contributed by atoms with Crippen molar-refractivity contribution < 1.29 is 23.9 Å². The van der Waals surface area contributed by atoms with Gasteiger partial charge in [-0.1, -0.05) is 0 Å². The fourth-order valence-electron chi connectivity index (χ4n) is 5.39. The van der Waals surface area contributed by atoms with Gasteiger partial charge in [0, 0.05) is 44.6 Å². The molecule has 1 aliphatic carbocycles. The van der Waals surface area contributed by atoms with Gasteiger partial charge >= 0.3 is 6.03 Å². The maximum Gasteiger partial charge on any atom is 0.328 e. The number of methoxy groups -OCH3 is 1. The van der Waals surface area contributed by atoms with Crippen LogP contribution in [0.25, 0.3) is 0 Å². The Labute approximate surface area is 226 Å². The lowest BCUT2D eigenvalue weighted by atomic mass is 10.0. The molecule has 5 rings (SSSR count). The van der Waals surface area contributed by atoms with E-state index >= 15 is 0 Å². The number of aldehydes is 1. The van der Waals surface area contributed by atoms with Gasteiger partial charge in [0.25, 0.3) is 0 Å². The fourth-order valence-corrected chi connectivity index (χ4v) is 5.39. The summed E-state index contributed by atoms with van der Waals surface area (Å²) in [6.45, 7) is 1.60. The van der Waals surface area contributed by atoms with Gasteiger partial charge in [-0.15, -0.1) is 0 Å². The highest BCUT2D eigenvalue weighted by Crippen LogP contribution is 2.30. The van der Waals surface area contributed by atoms with Crippen LogP contribution in [-0.2, 0) is 27.2 Å². The average Bonchev–Trinajstić information content (AvgIpc) is 3.40. The molecule has 204 valence electrons. The predicted molar refractivity (Wildman–Crippen MR) is 142 cm³/mol. The number of anilines is 3. The highest BCUT2D eigenvalue weighted by Gasteiger charge is 2.29.